The highest BCUT2D eigenvalue weighted by molar-refractivity contribution is 6.74. The molecule has 5 atom stereocenters. The van der Waals surface area contributed by atoms with Crippen LogP contribution in [0.15, 0.2) is 0 Å². The molecule has 0 bridgehead atoms. The second kappa shape index (κ2) is 6.28. The number of hydrogen-bond donors (Lipinski definition) is 2. The predicted molar refractivity (Wildman–Crippen MR) is 93.5 cm³/mol. The first kappa shape index (κ1) is 20.8. The van der Waals surface area contributed by atoms with Gasteiger partial charge in [0.1, 0.15) is 18.3 Å². The smallest absolute Gasteiger partial charge is 0.340 e. The van der Waals surface area contributed by atoms with Crippen LogP contribution in [0.1, 0.15) is 41.0 Å². The lowest BCUT2D eigenvalue weighted by Crippen LogP contribution is -2.67. The summed E-state index contributed by atoms with van der Waals surface area (Å²) in [6, 6.07) is 0. The standard InChI is InChI=1S/C17H32O7Si/c1-15(2,3)25(7,8)24-10-9-17(20,14(19)21-6)13(18)12-11(10)22-16(4,5)23-12/h10-13,18,20H,9H2,1-8H3. The van der Waals surface area contributed by atoms with Gasteiger partial charge in [-0.05, 0) is 32.0 Å². The van der Waals surface area contributed by atoms with Crippen LogP contribution >= 0.6 is 0 Å². The summed E-state index contributed by atoms with van der Waals surface area (Å²) in [6.45, 7) is 14.0. The van der Waals surface area contributed by atoms with Gasteiger partial charge in [0.2, 0.25) is 0 Å². The Morgan fingerprint density at radius 2 is 1.72 bits per heavy atom. The molecule has 0 aromatic heterocycles. The van der Waals surface area contributed by atoms with Gasteiger partial charge in [-0.3, -0.25) is 0 Å². The Kier molecular flexibility index (Phi) is 5.22. The Morgan fingerprint density at radius 1 is 1.20 bits per heavy atom. The number of aliphatic hydroxyl groups is 2. The summed E-state index contributed by atoms with van der Waals surface area (Å²) in [5.41, 5.74) is -2.09. The van der Waals surface area contributed by atoms with Gasteiger partial charge < -0.3 is 28.8 Å². The third-order valence-electron chi connectivity index (χ3n) is 5.63. The Bertz CT molecular complexity index is 528. The van der Waals surface area contributed by atoms with Crippen molar-refractivity contribution in [2.24, 2.45) is 0 Å². The second-order valence-corrected chi connectivity index (χ2v) is 13.8. The minimum Gasteiger partial charge on any atom is -0.467 e. The zero-order valence-electron chi connectivity index (χ0n) is 16.5. The van der Waals surface area contributed by atoms with Crippen LogP contribution in [0.3, 0.4) is 0 Å². The molecule has 5 unspecified atom stereocenters. The van der Waals surface area contributed by atoms with Crippen LogP contribution in [0, 0.1) is 0 Å². The monoisotopic (exact) mass is 376 g/mol. The van der Waals surface area contributed by atoms with Crippen molar-refractivity contribution < 1.29 is 33.6 Å². The highest BCUT2D eigenvalue weighted by Gasteiger charge is 2.63. The number of ether oxygens (including phenoxy) is 3. The summed E-state index contributed by atoms with van der Waals surface area (Å²) in [5.74, 6) is -1.83. The molecule has 7 nitrogen and oxygen atoms in total. The Morgan fingerprint density at radius 3 is 2.20 bits per heavy atom. The van der Waals surface area contributed by atoms with E-state index in [-0.39, 0.29) is 11.5 Å². The van der Waals surface area contributed by atoms with Gasteiger partial charge in [-0.2, -0.15) is 0 Å². The maximum atomic E-state index is 12.2. The molecule has 2 fully saturated rings. The van der Waals surface area contributed by atoms with Crippen LogP contribution in [-0.2, 0) is 23.4 Å². The number of carbonyl (C=O) groups excluding carboxylic acids is 1. The van der Waals surface area contributed by atoms with E-state index in [9.17, 15) is 15.0 Å². The van der Waals surface area contributed by atoms with E-state index in [0.29, 0.717) is 0 Å². The van der Waals surface area contributed by atoms with E-state index in [4.69, 9.17) is 18.6 Å². The van der Waals surface area contributed by atoms with Gasteiger partial charge in [0.25, 0.3) is 0 Å². The lowest BCUT2D eigenvalue weighted by molar-refractivity contribution is -0.210. The molecular weight excluding hydrogens is 344 g/mol. The molecule has 2 aliphatic rings. The van der Waals surface area contributed by atoms with E-state index >= 15 is 0 Å². The summed E-state index contributed by atoms with van der Waals surface area (Å²) in [6.07, 6.45) is -3.58. The van der Waals surface area contributed by atoms with E-state index in [2.05, 4.69) is 33.9 Å². The molecule has 0 aromatic rings. The lowest BCUT2D eigenvalue weighted by atomic mass is 9.77. The van der Waals surface area contributed by atoms with Crippen molar-refractivity contribution in [2.45, 2.75) is 95.0 Å². The van der Waals surface area contributed by atoms with E-state index in [1.807, 2.05) is 0 Å². The fourth-order valence-electron chi connectivity index (χ4n) is 3.21. The maximum Gasteiger partial charge on any atom is 0.340 e. The fraction of sp³-hybridized carbons (Fsp3) is 0.941. The molecule has 0 aromatic carbocycles. The third-order valence-corrected chi connectivity index (χ3v) is 10.1. The van der Waals surface area contributed by atoms with Crippen molar-refractivity contribution in [3.8, 4) is 0 Å². The number of rotatable bonds is 3. The number of aliphatic hydroxyl groups excluding tert-OH is 1. The van der Waals surface area contributed by atoms with Crippen LogP contribution in [0.4, 0.5) is 0 Å². The normalized spacial score (nSPS) is 38.3. The van der Waals surface area contributed by atoms with Crippen molar-refractivity contribution in [2.75, 3.05) is 7.11 Å². The Balaban J connectivity index is 2.38. The van der Waals surface area contributed by atoms with Crippen molar-refractivity contribution in [1.82, 2.24) is 0 Å². The molecule has 1 saturated heterocycles. The van der Waals surface area contributed by atoms with Gasteiger partial charge in [0.15, 0.2) is 19.7 Å². The van der Waals surface area contributed by atoms with Gasteiger partial charge in [-0.15, -0.1) is 0 Å². The van der Waals surface area contributed by atoms with Crippen molar-refractivity contribution in [3.05, 3.63) is 0 Å². The predicted octanol–water partition coefficient (Wildman–Crippen LogP) is 1.57. The van der Waals surface area contributed by atoms with Crippen LogP contribution in [0.2, 0.25) is 18.1 Å². The van der Waals surface area contributed by atoms with Crippen LogP contribution in [0.25, 0.3) is 0 Å². The van der Waals surface area contributed by atoms with Crippen LogP contribution in [-0.4, -0.2) is 67.4 Å². The molecule has 1 aliphatic carbocycles. The van der Waals surface area contributed by atoms with Gasteiger partial charge >= 0.3 is 5.97 Å². The Labute approximate surface area is 150 Å². The average Bonchev–Trinajstić information content (AvgIpc) is 2.78. The zero-order valence-corrected chi connectivity index (χ0v) is 17.5. The number of methoxy groups -OCH3 is 1. The molecular formula is C17H32O7Si. The average molecular weight is 377 g/mol. The van der Waals surface area contributed by atoms with E-state index in [1.165, 1.54) is 7.11 Å². The molecule has 146 valence electrons. The van der Waals surface area contributed by atoms with Gasteiger partial charge in [-0.25, -0.2) is 4.79 Å². The Hall–Kier alpha value is -0.513. The zero-order chi connectivity index (χ0) is 19.4. The minimum absolute atomic E-state index is 0.0586. The third kappa shape index (κ3) is 3.65. The molecule has 1 saturated carbocycles. The molecule has 0 spiro atoms. The van der Waals surface area contributed by atoms with Crippen molar-refractivity contribution in [3.63, 3.8) is 0 Å². The summed E-state index contributed by atoms with van der Waals surface area (Å²) < 4.78 is 22.9. The van der Waals surface area contributed by atoms with Gasteiger partial charge in [0.05, 0.1) is 13.2 Å². The second-order valence-electron chi connectivity index (χ2n) is 9.05. The molecule has 2 rings (SSSR count). The quantitative estimate of drug-likeness (QED) is 0.570. The SMILES string of the molecule is COC(=O)C1(O)CC(O[Si](C)(C)C(C)(C)C)C2OC(C)(C)OC2C1O. The summed E-state index contributed by atoms with van der Waals surface area (Å²) in [4.78, 5) is 12.2. The summed E-state index contributed by atoms with van der Waals surface area (Å²) in [7, 11) is -1.03. The maximum absolute atomic E-state index is 12.2. The topological polar surface area (TPSA) is 94.5 Å². The van der Waals surface area contributed by atoms with E-state index in [0.717, 1.165) is 0 Å². The summed E-state index contributed by atoms with van der Waals surface area (Å²) >= 11 is 0. The highest BCUT2D eigenvalue weighted by atomic mass is 28.4. The molecule has 2 N–H and O–H groups in total. The van der Waals surface area contributed by atoms with Crippen molar-refractivity contribution >= 4 is 14.3 Å². The first-order valence-electron chi connectivity index (χ1n) is 8.67. The van der Waals surface area contributed by atoms with Crippen LogP contribution in [0.5, 0.6) is 0 Å². The minimum atomic E-state index is -2.21. The highest BCUT2D eigenvalue weighted by Crippen LogP contribution is 2.46. The van der Waals surface area contributed by atoms with E-state index in [1.54, 1.807) is 13.8 Å². The van der Waals surface area contributed by atoms with Crippen LogP contribution < -0.4 is 0 Å². The van der Waals surface area contributed by atoms with E-state index < -0.39 is 50.1 Å². The molecule has 25 heavy (non-hydrogen) atoms. The molecule has 8 heteroatoms. The summed E-state index contributed by atoms with van der Waals surface area (Å²) in [5, 5.41) is 21.4. The van der Waals surface area contributed by atoms with Gasteiger partial charge in [-0.1, -0.05) is 20.8 Å². The largest absolute Gasteiger partial charge is 0.467 e. The van der Waals surface area contributed by atoms with Gasteiger partial charge in [0, 0.05) is 6.42 Å². The lowest BCUT2D eigenvalue weighted by Gasteiger charge is -2.47. The first-order valence-corrected chi connectivity index (χ1v) is 11.6. The first-order chi connectivity index (χ1) is 11.1. The molecule has 0 amide bonds. The number of esters is 1. The van der Waals surface area contributed by atoms with Crippen molar-refractivity contribution in [1.29, 1.82) is 0 Å². The number of carbonyl (C=O) groups is 1. The number of fused-ring (bicyclic) bond motifs is 1. The molecule has 1 aliphatic heterocycles. The fourth-order valence-corrected chi connectivity index (χ4v) is 4.54. The molecule has 0 radical (unpaired) electrons. The number of hydrogen-bond acceptors (Lipinski definition) is 7. The molecule has 1 heterocycles.